The van der Waals surface area contributed by atoms with Gasteiger partial charge in [0.2, 0.25) is 5.91 Å². The highest BCUT2D eigenvalue weighted by Gasteiger charge is 2.27. The zero-order valence-electron chi connectivity index (χ0n) is 12.4. The summed E-state index contributed by atoms with van der Waals surface area (Å²) in [5, 5.41) is 14.0. The first kappa shape index (κ1) is 13.8. The second kappa shape index (κ2) is 5.68. The molecule has 0 aliphatic heterocycles. The number of H-pyrrole nitrogens is 1. The third-order valence-electron chi connectivity index (χ3n) is 4.08. The van der Waals surface area contributed by atoms with Crippen LogP contribution in [0.3, 0.4) is 0 Å². The Morgan fingerprint density at radius 1 is 1.29 bits per heavy atom. The minimum atomic E-state index is -0.0252. The lowest BCUT2D eigenvalue weighted by molar-refractivity contribution is -0.120. The van der Waals surface area contributed by atoms with Gasteiger partial charge in [-0.3, -0.25) is 4.79 Å². The van der Waals surface area contributed by atoms with E-state index in [9.17, 15) is 4.79 Å². The predicted octanol–water partition coefficient (Wildman–Crippen LogP) is 2.67. The highest BCUT2D eigenvalue weighted by molar-refractivity contribution is 5.93. The van der Waals surface area contributed by atoms with Crippen molar-refractivity contribution < 1.29 is 4.79 Å². The Balaban J connectivity index is 1.73. The number of nitrogens with zero attached hydrogens (tertiary/aromatic N) is 2. The minimum absolute atomic E-state index is 0.0252. The summed E-state index contributed by atoms with van der Waals surface area (Å²) in [7, 11) is 0. The van der Waals surface area contributed by atoms with Crippen LogP contribution in [0.15, 0.2) is 24.3 Å². The van der Waals surface area contributed by atoms with Gasteiger partial charge in [0, 0.05) is 18.0 Å². The van der Waals surface area contributed by atoms with Gasteiger partial charge in [0.1, 0.15) is 0 Å². The van der Waals surface area contributed by atoms with E-state index in [1.165, 1.54) is 5.56 Å². The minimum Gasteiger partial charge on any atom is -0.326 e. The summed E-state index contributed by atoms with van der Waals surface area (Å²) >= 11 is 0. The second-order valence-electron chi connectivity index (χ2n) is 5.89. The summed E-state index contributed by atoms with van der Waals surface area (Å²) in [6, 6.07) is 8.00. The van der Waals surface area contributed by atoms with E-state index in [1.807, 2.05) is 18.2 Å². The number of carbonyl (C=O) groups excluding carboxylic acids is 1. The van der Waals surface area contributed by atoms with Crippen LogP contribution in [0.25, 0.3) is 0 Å². The van der Waals surface area contributed by atoms with Gasteiger partial charge in [-0.15, -0.1) is 0 Å². The molecule has 1 aromatic heterocycles. The summed E-state index contributed by atoms with van der Waals surface area (Å²) in [6.07, 6.45) is 2.31. The Kier molecular flexibility index (Phi) is 3.73. The van der Waals surface area contributed by atoms with Gasteiger partial charge in [0.05, 0.1) is 11.4 Å². The monoisotopic (exact) mass is 284 g/mol. The third-order valence-corrected chi connectivity index (χ3v) is 4.08. The molecule has 0 fully saturated rings. The van der Waals surface area contributed by atoms with Gasteiger partial charge >= 0.3 is 0 Å². The topological polar surface area (TPSA) is 70.7 Å². The molecule has 21 heavy (non-hydrogen) atoms. The summed E-state index contributed by atoms with van der Waals surface area (Å²) in [6.45, 7) is 4.26. The molecule has 5 heteroatoms. The number of hydrogen-bond acceptors (Lipinski definition) is 3. The molecule has 0 saturated carbocycles. The van der Waals surface area contributed by atoms with E-state index in [0.29, 0.717) is 12.3 Å². The molecular weight excluding hydrogens is 264 g/mol. The maximum atomic E-state index is 12.5. The van der Waals surface area contributed by atoms with Crippen molar-refractivity contribution in [3.8, 4) is 0 Å². The van der Waals surface area contributed by atoms with Gasteiger partial charge < -0.3 is 5.32 Å². The lowest BCUT2D eigenvalue weighted by atomic mass is 9.89. The van der Waals surface area contributed by atoms with E-state index in [0.717, 1.165) is 29.9 Å². The number of rotatable bonds is 3. The van der Waals surface area contributed by atoms with Crippen molar-refractivity contribution in [1.82, 2.24) is 15.4 Å². The van der Waals surface area contributed by atoms with Crippen molar-refractivity contribution in [2.45, 2.75) is 39.0 Å². The molecule has 1 unspecified atom stereocenters. The number of para-hydroxylation sites is 1. The van der Waals surface area contributed by atoms with E-state index in [2.05, 4.69) is 40.6 Å². The van der Waals surface area contributed by atoms with Crippen LogP contribution in [-0.2, 0) is 17.6 Å². The van der Waals surface area contributed by atoms with Crippen LogP contribution in [-0.4, -0.2) is 21.3 Å². The van der Waals surface area contributed by atoms with E-state index in [1.54, 1.807) is 0 Å². The van der Waals surface area contributed by atoms with Crippen LogP contribution in [0.4, 0.5) is 5.69 Å². The van der Waals surface area contributed by atoms with Crippen molar-refractivity contribution in [2.24, 2.45) is 5.92 Å². The van der Waals surface area contributed by atoms with Gasteiger partial charge in [-0.05, 0) is 30.4 Å². The number of aryl methyl sites for hydroxylation is 1. The molecule has 2 aromatic rings. The fourth-order valence-corrected chi connectivity index (χ4v) is 2.86. The Labute approximate surface area is 124 Å². The molecule has 0 bridgehead atoms. The molecule has 1 atom stereocenters. The van der Waals surface area contributed by atoms with E-state index < -0.39 is 0 Å². The zero-order valence-corrected chi connectivity index (χ0v) is 12.4. The van der Waals surface area contributed by atoms with Crippen molar-refractivity contribution in [3.63, 3.8) is 0 Å². The molecule has 2 N–H and O–H groups in total. The maximum Gasteiger partial charge on any atom is 0.227 e. The van der Waals surface area contributed by atoms with Crippen LogP contribution >= 0.6 is 0 Å². The van der Waals surface area contributed by atoms with Gasteiger partial charge in [0.25, 0.3) is 0 Å². The number of amides is 1. The van der Waals surface area contributed by atoms with Gasteiger partial charge in [-0.1, -0.05) is 32.0 Å². The standard InChI is InChI=1S/C16H20N4O/c1-10(2)12-5-3-4-6-13(12)17-16(21)11-7-8-14-15(9-11)19-20-18-14/h3-6,10-11H,7-9H2,1-2H3,(H,17,21)(H,18,19,20). The quantitative estimate of drug-likeness (QED) is 0.910. The van der Waals surface area contributed by atoms with Crippen molar-refractivity contribution in [2.75, 3.05) is 5.32 Å². The first-order chi connectivity index (χ1) is 10.1. The van der Waals surface area contributed by atoms with Gasteiger partial charge in [0.15, 0.2) is 0 Å². The molecule has 1 aliphatic carbocycles. The molecule has 0 radical (unpaired) electrons. The molecule has 1 amide bonds. The zero-order chi connectivity index (χ0) is 14.8. The average Bonchev–Trinajstić information content (AvgIpc) is 2.94. The van der Waals surface area contributed by atoms with Crippen LogP contribution in [0.2, 0.25) is 0 Å². The average molecular weight is 284 g/mol. The number of hydrogen-bond donors (Lipinski definition) is 2. The predicted molar refractivity (Wildman–Crippen MR) is 81.1 cm³/mol. The summed E-state index contributed by atoms with van der Waals surface area (Å²) in [5.74, 6) is 0.439. The van der Waals surface area contributed by atoms with E-state index in [4.69, 9.17) is 0 Å². The SMILES string of the molecule is CC(C)c1ccccc1NC(=O)C1CCc2n[nH]nc2C1. The fourth-order valence-electron chi connectivity index (χ4n) is 2.86. The molecule has 1 aromatic carbocycles. The number of aromatic nitrogens is 3. The number of carbonyl (C=O) groups is 1. The number of benzene rings is 1. The second-order valence-corrected chi connectivity index (χ2v) is 5.89. The number of nitrogens with one attached hydrogen (secondary N) is 2. The number of aromatic amines is 1. The van der Waals surface area contributed by atoms with Crippen LogP contribution in [0.1, 0.15) is 43.1 Å². The highest BCUT2D eigenvalue weighted by atomic mass is 16.1. The highest BCUT2D eigenvalue weighted by Crippen LogP contribution is 2.27. The lowest BCUT2D eigenvalue weighted by Gasteiger charge is -2.21. The van der Waals surface area contributed by atoms with Crippen molar-refractivity contribution >= 4 is 11.6 Å². The Hall–Kier alpha value is -2.17. The van der Waals surface area contributed by atoms with Crippen LogP contribution in [0, 0.1) is 5.92 Å². The number of anilines is 1. The van der Waals surface area contributed by atoms with Gasteiger partial charge in [-0.2, -0.15) is 15.4 Å². The number of fused-ring (bicyclic) bond motifs is 1. The Morgan fingerprint density at radius 3 is 2.86 bits per heavy atom. The molecular formula is C16H20N4O. The molecule has 5 nitrogen and oxygen atoms in total. The molecule has 1 aliphatic rings. The molecule has 0 saturated heterocycles. The summed E-state index contributed by atoms with van der Waals surface area (Å²) in [4.78, 5) is 12.5. The molecule has 0 spiro atoms. The Morgan fingerprint density at radius 2 is 2.05 bits per heavy atom. The first-order valence-electron chi connectivity index (χ1n) is 7.43. The lowest BCUT2D eigenvalue weighted by Crippen LogP contribution is -2.28. The normalized spacial score (nSPS) is 17.6. The van der Waals surface area contributed by atoms with Crippen LogP contribution < -0.4 is 5.32 Å². The van der Waals surface area contributed by atoms with Crippen molar-refractivity contribution in [1.29, 1.82) is 0 Å². The maximum absolute atomic E-state index is 12.5. The summed E-state index contributed by atoms with van der Waals surface area (Å²) < 4.78 is 0. The molecule has 110 valence electrons. The largest absolute Gasteiger partial charge is 0.326 e. The first-order valence-corrected chi connectivity index (χ1v) is 7.43. The molecule has 3 rings (SSSR count). The molecule has 1 heterocycles. The third kappa shape index (κ3) is 2.82. The van der Waals surface area contributed by atoms with E-state index in [-0.39, 0.29) is 11.8 Å². The fraction of sp³-hybridized carbons (Fsp3) is 0.438. The summed E-state index contributed by atoms with van der Waals surface area (Å²) in [5.41, 5.74) is 4.02. The Bertz CT molecular complexity index is 647. The van der Waals surface area contributed by atoms with Gasteiger partial charge in [-0.25, -0.2) is 0 Å². The van der Waals surface area contributed by atoms with Crippen molar-refractivity contribution in [3.05, 3.63) is 41.2 Å². The van der Waals surface area contributed by atoms with Crippen LogP contribution in [0.5, 0.6) is 0 Å². The smallest absolute Gasteiger partial charge is 0.227 e. The van der Waals surface area contributed by atoms with E-state index >= 15 is 0 Å².